The van der Waals surface area contributed by atoms with Crippen LogP contribution in [0.5, 0.6) is 0 Å². The molecule has 0 fully saturated rings. The monoisotopic (exact) mass is 199 g/mol. The Morgan fingerprint density at radius 2 is 1.67 bits per heavy atom. The number of ketones is 1. The van der Waals surface area contributed by atoms with Crippen LogP contribution < -0.4 is 5.56 Å². The van der Waals surface area contributed by atoms with E-state index in [9.17, 15) is 9.59 Å². The van der Waals surface area contributed by atoms with E-state index >= 15 is 0 Å². The highest BCUT2D eigenvalue weighted by atomic mass is 16.1. The zero-order valence-electron chi connectivity index (χ0n) is 7.94. The fraction of sp³-hybridized carbons (Fsp3) is 0. The quantitative estimate of drug-likeness (QED) is 0.689. The van der Waals surface area contributed by atoms with Crippen molar-refractivity contribution in [2.24, 2.45) is 0 Å². The van der Waals surface area contributed by atoms with Gasteiger partial charge in [-0.3, -0.25) is 9.59 Å². The fourth-order valence-corrected chi connectivity index (χ4v) is 1.31. The van der Waals surface area contributed by atoms with Gasteiger partial charge in [0.05, 0.1) is 0 Å². The van der Waals surface area contributed by atoms with Gasteiger partial charge in [-0.25, -0.2) is 0 Å². The first kappa shape index (κ1) is 9.40. The molecule has 1 aliphatic rings. The summed E-state index contributed by atoms with van der Waals surface area (Å²) in [6, 6.07) is 3.13. The summed E-state index contributed by atoms with van der Waals surface area (Å²) in [4.78, 5) is 25.0. The average molecular weight is 199 g/mol. The SMILES string of the molecule is O=C1C=Cc2ccc(=O)[nH]c2/C=C/C=C\1. The van der Waals surface area contributed by atoms with Crippen LogP contribution in [-0.2, 0) is 4.79 Å². The van der Waals surface area contributed by atoms with Gasteiger partial charge in [0.2, 0.25) is 5.56 Å². The normalized spacial score (nSPS) is 18.5. The Kier molecular flexibility index (Phi) is 2.46. The van der Waals surface area contributed by atoms with Crippen LogP contribution in [0.1, 0.15) is 11.3 Å². The molecule has 0 spiro atoms. The Balaban J connectivity index is 2.59. The fourth-order valence-electron chi connectivity index (χ4n) is 1.31. The lowest BCUT2D eigenvalue weighted by Gasteiger charge is -1.98. The third-order valence-corrected chi connectivity index (χ3v) is 2.04. The van der Waals surface area contributed by atoms with Crippen LogP contribution >= 0.6 is 0 Å². The molecule has 74 valence electrons. The molecule has 3 heteroatoms. The first-order valence-electron chi connectivity index (χ1n) is 4.56. The number of allylic oxidation sites excluding steroid dienone is 4. The van der Waals surface area contributed by atoms with Crippen molar-refractivity contribution in [1.82, 2.24) is 4.98 Å². The van der Waals surface area contributed by atoms with E-state index in [2.05, 4.69) is 4.98 Å². The Morgan fingerprint density at radius 1 is 0.867 bits per heavy atom. The maximum Gasteiger partial charge on any atom is 0.248 e. The number of rotatable bonds is 0. The summed E-state index contributed by atoms with van der Waals surface area (Å²) in [5.74, 6) is -0.0706. The number of nitrogens with one attached hydrogen (secondary N) is 1. The first-order valence-corrected chi connectivity index (χ1v) is 4.56. The van der Waals surface area contributed by atoms with Gasteiger partial charge >= 0.3 is 0 Å². The van der Waals surface area contributed by atoms with Gasteiger partial charge in [0.25, 0.3) is 0 Å². The molecule has 0 radical (unpaired) electrons. The lowest BCUT2D eigenvalue weighted by atomic mass is 10.1. The van der Waals surface area contributed by atoms with E-state index in [1.807, 2.05) is 0 Å². The predicted molar refractivity (Wildman–Crippen MR) is 59.3 cm³/mol. The molecule has 0 saturated carbocycles. The average Bonchev–Trinajstić information content (AvgIpc) is 2.30. The van der Waals surface area contributed by atoms with E-state index in [1.54, 1.807) is 30.4 Å². The molecule has 0 amide bonds. The molecule has 3 nitrogen and oxygen atoms in total. The van der Waals surface area contributed by atoms with Crippen molar-refractivity contribution in [2.45, 2.75) is 0 Å². The maximum atomic E-state index is 11.2. The standard InChI is InChI=1S/C12H9NO2/c14-10-3-1-2-4-11-9(5-7-10)6-8-12(15)13-11/h1-8H,(H,13,15)/b3-1-,4-2+,7-5?. The van der Waals surface area contributed by atoms with E-state index in [0.29, 0.717) is 5.69 Å². The zero-order chi connectivity index (χ0) is 10.7. The Bertz CT molecular complexity index is 533. The number of carbonyl (C=O) groups is 1. The molecule has 2 rings (SSSR count). The van der Waals surface area contributed by atoms with Gasteiger partial charge in [-0.15, -0.1) is 0 Å². The molecule has 1 heterocycles. The van der Waals surface area contributed by atoms with Crippen LogP contribution in [0, 0.1) is 0 Å². The molecule has 1 aromatic heterocycles. The van der Waals surface area contributed by atoms with E-state index < -0.39 is 0 Å². The number of aromatic nitrogens is 1. The van der Waals surface area contributed by atoms with Gasteiger partial charge < -0.3 is 4.98 Å². The topological polar surface area (TPSA) is 49.9 Å². The van der Waals surface area contributed by atoms with Crippen LogP contribution in [-0.4, -0.2) is 10.8 Å². The van der Waals surface area contributed by atoms with E-state index in [-0.39, 0.29) is 11.3 Å². The largest absolute Gasteiger partial charge is 0.322 e. The summed E-state index contributed by atoms with van der Waals surface area (Å²) in [5.41, 5.74) is 1.38. The number of hydrogen-bond acceptors (Lipinski definition) is 2. The van der Waals surface area contributed by atoms with Crippen molar-refractivity contribution in [1.29, 1.82) is 0 Å². The van der Waals surface area contributed by atoms with Gasteiger partial charge in [0.15, 0.2) is 5.78 Å². The molecule has 0 bridgehead atoms. The van der Waals surface area contributed by atoms with Gasteiger partial charge in [-0.1, -0.05) is 12.2 Å². The number of fused-ring (bicyclic) bond motifs is 1. The molecular formula is C12H9NO2. The zero-order valence-corrected chi connectivity index (χ0v) is 7.94. The minimum absolute atomic E-state index is 0.0706. The predicted octanol–water partition coefficient (Wildman–Crippen LogP) is 1.54. The smallest absolute Gasteiger partial charge is 0.248 e. The lowest BCUT2D eigenvalue weighted by Crippen LogP contribution is -2.05. The van der Waals surface area contributed by atoms with E-state index in [0.717, 1.165) is 5.56 Å². The van der Waals surface area contributed by atoms with E-state index in [1.165, 1.54) is 18.2 Å². The summed E-state index contributed by atoms with van der Waals surface area (Å²) in [7, 11) is 0. The van der Waals surface area contributed by atoms with Crippen molar-refractivity contribution in [3.8, 4) is 0 Å². The highest BCUT2D eigenvalue weighted by molar-refractivity contribution is 6.02. The van der Waals surface area contributed by atoms with Gasteiger partial charge in [-0.2, -0.15) is 0 Å². The molecule has 0 aliphatic heterocycles. The molecule has 0 saturated heterocycles. The molecule has 15 heavy (non-hydrogen) atoms. The van der Waals surface area contributed by atoms with Crippen molar-refractivity contribution in [3.05, 3.63) is 58.0 Å². The van der Waals surface area contributed by atoms with Crippen LogP contribution in [0.3, 0.4) is 0 Å². The van der Waals surface area contributed by atoms with Crippen LogP contribution in [0.2, 0.25) is 0 Å². The summed E-state index contributed by atoms with van der Waals surface area (Å²) in [5, 5.41) is 0. The minimum Gasteiger partial charge on any atom is -0.322 e. The van der Waals surface area contributed by atoms with E-state index in [4.69, 9.17) is 0 Å². The maximum absolute atomic E-state index is 11.2. The minimum atomic E-state index is -0.152. The molecule has 0 atom stereocenters. The second kappa shape index (κ2) is 3.92. The number of hydrogen-bond donors (Lipinski definition) is 1. The summed E-state index contributed by atoms with van der Waals surface area (Å²) in [6.45, 7) is 0. The molecule has 0 unspecified atom stereocenters. The van der Waals surface area contributed by atoms with Crippen molar-refractivity contribution < 1.29 is 4.79 Å². The van der Waals surface area contributed by atoms with Crippen LogP contribution in [0.15, 0.2) is 41.2 Å². The number of H-pyrrole nitrogens is 1. The summed E-state index contributed by atoms with van der Waals surface area (Å²) in [6.07, 6.45) is 9.76. The number of carbonyl (C=O) groups excluding carboxylic acids is 1. The van der Waals surface area contributed by atoms with Crippen LogP contribution in [0.25, 0.3) is 12.2 Å². The second-order valence-electron chi connectivity index (χ2n) is 3.15. The lowest BCUT2D eigenvalue weighted by molar-refractivity contribution is -0.110. The third kappa shape index (κ3) is 2.20. The first-order chi connectivity index (χ1) is 7.25. The Morgan fingerprint density at radius 3 is 2.53 bits per heavy atom. The van der Waals surface area contributed by atoms with Crippen molar-refractivity contribution in [3.63, 3.8) is 0 Å². The molecule has 1 aliphatic carbocycles. The van der Waals surface area contributed by atoms with Gasteiger partial charge in [-0.05, 0) is 35.9 Å². The highest BCUT2D eigenvalue weighted by Gasteiger charge is 1.98. The number of aromatic amines is 1. The highest BCUT2D eigenvalue weighted by Crippen LogP contribution is 2.09. The molecule has 1 aromatic rings. The van der Waals surface area contributed by atoms with Gasteiger partial charge in [0.1, 0.15) is 0 Å². The molecular weight excluding hydrogens is 190 g/mol. The number of pyridine rings is 1. The summed E-state index contributed by atoms with van der Waals surface area (Å²) >= 11 is 0. The van der Waals surface area contributed by atoms with Crippen molar-refractivity contribution >= 4 is 17.9 Å². The second-order valence-corrected chi connectivity index (χ2v) is 3.15. The molecule has 1 N–H and O–H groups in total. The molecule has 0 aromatic carbocycles. The Hall–Kier alpha value is -2.16. The Labute approximate surface area is 86.5 Å². The third-order valence-electron chi connectivity index (χ3n) is 2.04. The van der Waals surface area contributed by atoms with Crippen LogP contribution in [0.4, 0.5) is 0 Å². The van der Waals surface area contributed by atoms with Gasteiger partial charge in [0, 0.05) is 11.8 Å². The summed E-state index contributed by atoms with van der Waals surface area (Å²) < 4.78 is 0. The van der Waals surface area contributed by atoms with Crippen molar-refractivity contribution in [2.75, 3.05) is 0 Å².